The number of nitrogens with one attached hydrogen (secondary N) is 1. The minimum atomic E-state index is -3.73. The molecule has 0 spiro atoms. The normalized spacial score (nSPS) is 13.2. The molecular weight excluding hydrogens is 402 g/mol. The lowest BCUT2D eigenvalue weighted by atomic mass is 10.1. The Labute approximate surface area is 148 Å². The lowest BCUT2D eigenvalue weighted by molar-refractivity contribution is 0.291. The Balaban J connectivity index is 2.21. The van der Waals surface area contributed by atoms with Gasteiger partial charge < -0.3 is 4.90 Å². The predicted molar refractivity (Wildman–Crippen MR) is 92.1 cm³/mol. The second kappa shape index (κ2) is 7.69. The zero-order valence-electron chi connectivity index (χ0n) is 13.1. The number of nitrogens with zero attached hydrogens (tertiary/aromatic N) is 1. The van der Waals surface area contributed by atoms with Crippen LogP contribution >= 0.6 is 15.9 Å². The van der Waals surface area contributed by atoms with Gasteiger partial charge in [-0.25, -0.2) is 21.9 Å². The van der Waals surface area contributed by atoms with Gasteiger partial charge in [-0.1, -0.05) is 22.0 Å². The number of rotatable bonds is 6. The van der Waals surface area contributed by atoms with Gasteiger partial charge in [0.1, 0.15) is 11.6 Å². The van der Waals surface area contributed by atoms with Gasteiger partial charge in [0.25, 0.3) is 0 Å². The van der Waals surface area contributed by atoms with Gasteiger partial charge in [0.2, 0.25) is 10.0 Å². The van der Waals surface area contributed by atoms with E-state index in [2.05, 4.69) is 20.7 Å². The Bertz CT molecular complexity index is 811. The second-order valence-corrected chi connectivity index (χ2v) is 8.13. The van der Waals surface area contributed by atoms with Crippen LogP contribution in [0.2, 0.25) is 0 Å². The van der Waals surface area contributed by atoms with Crippen LogP contribution in [0.25, 0.3) is 0 Å². The van der Waals surface area contributed by atoms with E-state index in [0.29, 0.717) is 0 Å². The molecule has 2 aromatic rings. The Kier molecular flexibility index (Phi) is 6.08. The van der Waals surface area contributed by atoms with Crippen molar-refractivity contribution in [3.8, 4) is 0 Å². The summed E-state index contributed by atoms with van der Waals surface area (Å²) in [7, 11) is -0.337. The zero-order valence-corrected chi connectivity index (χ0v) is 15.5. The fourth-order valence-corrected chi connectivity index (χ4v) is 3.53. The largest absolute Gasteiger partial charge is 0.301 e. The summed E-state index contributed by atoms with van der Waals surface area (Å²) < 4.78 is 55.0. The summed E-state index contributed by atoms with van der Waals surface area (Å²) in [5.74, 6) is -1.39. The van der Waals surface area contributed by atoms with Crippen LogP contribution in [-0.2, 0) is 10.0 Å². The first-order chi connectivity index (χ1) is 11.2. The van der Waals surface area contributed by atoms with Crippen molar-refractivity contribution in [2.24, 2.45) is 0 Å². The number of hydrogen-bond donors (Lipinski definition) is 1. The third-order valence-electron chi connectivity index (χ3n) is 3.54. The predicted octanol–water partition coefficient (Wildman–Crippen LogP) is 3.31. The quantitative estimate of drug-likeness (QED) is 0.782. The standard InChI is InChI=1S/C16H17BrF2N2O2S/c1-21(2)16(14-8-5-12(18)9-15(14)19)10-20-24(22,23)13-6-3-11(17)4-7-13/h3-9,16,20H,10H2,1-2H3. The van der Waals surface area contributed by atoms with Crippen molar-refractivity contribution in [3.05, 3.63) is 64.1 Å². The van der Waals surface area contributed by atoms with E-state index in [0.717, 1.165) is 16.6 Å². The second-order valence-electron chi connectivity index (χ2n) is 5.45. The maximum absolute atomic E-state index is 14.0. The van der Waals surface area contributed by atoms with Crippen LogP contribution in [0.1, 0.15) is 11.6 Å². The van der Waals surface area contributed by atoms with Gasteiger partial charge in [-0.05, 0) is 44.4 Å². The molecule has 0 aliphatic heterocycles. The monoisotopic (exact) mass is 418 g/mol. The fourth-order valence-electron chi connectivity index (χ4n) is 2.23. The highest BCUT2D eigenvalue weighted by molar-refractivity contribution is 9.10. The molecule has 0 saturated heterocycles. The first-order valence-electron chi connectivity index (χ1n) is 7.07. The summed E-state index contributed by atoms with van der Waals surface area (Å²) >= 11 is 3.24. The third kappa shape index (κ3) is 4.60. The summed E-state index contributed by atoms with van der Waals surface area (Å²) in [5.41, 5.74) is 0.222. The lowest BCUT2D eigenvalue weighted by Crippen LogP contribution is -2.35. The molecular formula is C16H17BrF2N2O2S. The van der Waals surface area contributed by atoms with Gasteiger partial charge in [-0.15, -0.1) is 0 Å². The number of benzene rings is 2. The van der Waals surface area contributed by atoms with E-state index in [4.69, 9.17) is 0 Å². The van der Waals surface area contributed by atoms with Crippen LogP contribution < -0.4 is 4.72 Å². The molecule has 130 valence electrons. The van der Waals surface area contributed by atoms with E-state index < -0.39 is 27.7 Å². The van der Waals surface area contributed by atoms with E-state index in [9.17, 15) is 17.2 Å². The highest BCUT2D eigenvalue weighted by Gasteiger charge is 2.22. The van der Waals surface area contributed by atoms with Gasteiger partial charge in [-0.2, -0.15) is 0 Å². The number of hydrogen-bond acceptors (Lipinski definition) is 3. The first kappa shape index (κ1) is 19.0. The van der Waals surface area contributed by atoms with E-state index in [1.807, 2.05) is 0 Å². The molecule has 2 rings (SSSR count). The van der Waals surface area contributed by atoms with Crippen molar-refractivity contribution in [2.75, 3.05) is 20.6 Å². The van der Waals surface area contributed by atoms with Crippen molar-refractivity contribution >= 4 is 26.0 Å². The number of sulfonamides is 1. The molecule has 2 aromatic carbocycles. The molecule has 0 aliphatic carbocycles. The van der Waals surface area contributed by atoms with E-state index in [1.54, 1.807) is 31.1 Å². The molecule has 0 aromatic heterocycles. The van der Waals surface area contributed by atoms with Crippen molar-refractivity contribution in [3.63, 3.8) is 0 Å². The van der Waals surface area contributed by atoms with Gasteiger partial charge >= 0.3 is 0 Å². The van der Waals surface area contributed by atoms with Crippen LogP contribution in [0.4, 0.5) is 8.78 Å². The van der Waals surface area contributed by atoms with Crippen molar-refractivity contribution < 1.29 is 17.2 Å². The molecule has 1 atom stereocenters. The number of halogens is 3. The highest BCUT2D eigenvalue weighted by atomic mass is 79.9. The molecule has 0 aliphatic rings. The molecule has 0 amide bonds. The Morgan fingerprint density at radius 2 is 1.75 bits per heavy atom. The van der Waals surface area contributed by atoms with Crippen molar-refractivity contribution in [1.29, 1.82) is 0 Å². The van der Waals surface area contributed by atoms with Gasteiger partial charge in [-0.3, -0.25) is 0 Å². The average Bonchev–Trinajstić information content (AvgIpc) is 2.49. The number of likely N-dealkylation sites (N-methyl/N-ethyl adjacent to an activating group) is 1. The van der Waals surface area contributed by atoms with Crippen LogP contribution in [0.5, 0.6) is 0 Å². The van der Waals surface area contributed by atoms with Crippen LogP contribution in [-0.4, -0.2) is 34.0 Å². The SMILES string of the molecule is CN(C)C(CNS(=O)(=O)c1ccc(Br)cc1)c1ccc(F)cc1F. The van der Waals surface area contributed by atoms with Crippen LogP contribution in [0, 0.1) is 11.6 Å². The molecule has 0 bridgehead atoms. The Hall–Kier alpha value is -1.35. The van der Waals surface area contributed by atoms with E-state index >= 15 is 0 Å². The molecule has 1 N–H and O–H groups in total. The fraction of sp³-hybridized carbons (Fsp3) is 0.250. The summed E-state index contributed by atoms with van der Waals surface area (Å²) in [5, 5.41) is 0. The van der Waals surface area contributed by atoms with E-state index in [1.165, 1.54) is 18.2 Å². The maximum Gasteiger partial charge on any atom is 0.240 e. The zero-order chi connectivity index (χ0) is 17.9. The minimum Gasteiger partial charge on any atom is -0.301 e. The van der Waals surface area contributed by atoms with Gasteiger partial charge in [0.05, 0.1) is 10.9 Å². The molecule has 0 heterocycles. The first-order valence-corrected chi connectivity index (χ1v) is 9.35. The highest BCUT2D eigenvalue weighted by Crippen LogP contribution is 2.22. The smallest absolute Gasteiger partial charge is 0.240 e. The van der Waals surface area contributed by atoms with Crippen LogP contribution in [0.3, 0.4) is 0 Å². The average molecular weight is 419 g/mol. The molecule has 0 radical (unpaired) electrons. The van der Waals surface area contributed by atoms with Crippen molar-refractivity contribution in [1.82, 2.24) is 9.62 Å². The Morgan fingerprint density at radius 3 is 2.29 bits per heavy atom. The minimum absolute atomic E-state index is 0.0477. The molecule has 4 nitrogen and oxygen atoms in total. The van der Waals surface area contributed by atoms with E-state index in [-0.39, 0.29) is 17.0 Å². The Morgan fingerprint density at radius 1 is 1.12 bits per heavy atom. The summed E-state index contributed by atoms with van der Waals surface area (Å²) in [4.78, 5) is 1.78. The molecule has 1 unspecified atom stereocenters. The topological polar surface area (TPSA) is 49.4 Å². The summed E-state index contributed by atoms with van der Waals surface area (Å²) in [6.45, 7) is -0.0477. The summed E-state index contributed by atoms with van der Waals surface area (Å²) in [6.07, 6.45) is 0. The molecule has 0 saturated carbocycles. The van der Waals surface area contributed by atoms with Crippen LogP contribution in [0.15, 0.2) is 51.8 Å². The molecule has 0 fully saturated rings. The van der Waals surface area contributed by atoms with Gasteiger partial charge in [0, 0.05) is 22.6 Å². The summed E-state index contributed by atoms with van der Waals surface area (Å²) in [6, 6.07) is 8.87. The molecule has 24 heavy (non-hydrogen) atoms. The van der Waals surface area contributed by atoms with Gasteiger partial charge in [0.15, 0.2) is 0 Å². The molecule has 8 heteroatoms. The lowest BCUT2D eigenvalue weighted by Gasteiger charge is -2.25. The van der Waals surface area contributed by atoms with Crippen molar-refractivity contribution in [2.45, 2.75) is 10.9 Å². The third-order valence-corrected chi connectivity index (χ3v) is 5.50. The maximum atomic E-state index is 14.0.